The van der Waals surface area contributed by atoms with Crippen LogP contribution in [-0.4, -0.2) is 12.0 Å². The van der Waals surface area contributed by atoms with Gasteiger partial charge in [-0.25, -0.2) is 4.39 Å². The van der Waals surface area contributed by atoms with Crippen molar-refractivity contribution in [2.75, 3.05) is 0 Å². The summed E-state index contributed by atoms with van der Waals surface area (Å²) >= 11 is 0. The first-order chi connectivity index (χ1) is 8.65. The molecule has 0 saturated heterocycles. The van der Waals surface area contributed by atoms with Gasteiger partial charge in [-0.3, -0.25) is 9.79 Å². The van der Waals surface area contributed by atoms with Crippen LogP contribution < -0.4 is 0 Å². The molecule has 0 aliphatic rings. The number of hydrogen-bond acceptors (Lipinski definition) is 2. The molecule has 2 rings (SSSR count). The van der Waals surface area contributed by atoms with E-state index in [4.69, 9.17) is 0 Å². The van der Waals surface area contributed by atoms with Crippen molar-refractivity contribution in [1.29, 1.82) is 0 Å². The van der Waals surface area contributed by atoms with Crippen LogP contribution in [0.25, 0.3) is 0 Å². The quantitative estimate of drug-likeness (QED) is 0.594. The molecule has 0 N–H and O–H groups in total. The third-order valence-corrected chi connectivity index (χ3v) is 2.51. The summed E-state index contributed by atoms with van der Waals surface area (Å²) in [6.07, 6.45) is 1.65. The summed E-state index contributed by atoms with van der Waals surface area (Å²) < 4.78 is 12.7. The van der Waals surface area contributed by atoms with Crippen molar-refractivity contribution in [3.8, 4) is 0 Å². The van der Waals surface area contributed by atoms with Gasteiger partial charge in [-0.15, -0.1) is 0 Å². The molecule has 0 aliphatic carbocycles. The Morgan fingerprint density at radius 3 is 2.22 bits per heavy atom. The first-order valence-corrected chi connectivity index (χ1v) is 5.56. The van der Waals surface area contributed by atoms with Gasteiger partial charge in [-0.05, 0) is 48.9 Å². The summed E-state index contributed by atoms with van der Waals surface area (Å²) in [6.45, 7) is 1.52. The average molecular weight is 241 g/mol. The predicted octanol–water partition coefficient (Wildman–Crippen LogP) is 3.78. The maximum Gasteiger partial charge on any atom is 0.159 e. The number of halogens is 1. The molecule has 2 nitrogen and oxygen atoms in total. The third-order valence-electron chi connectivity index (χ3n) is 2.51. The Labute approximate surface area is 105 Å². The Morgan fingerprint density at radius 1 is 1.06 bits per heavy atom. The van der Waals surface area contributed by atoms with Crippen molar-refractivity contribution in [3.63, 3.8) is 0 Å². The zero-order valence-corrected chi connectivity index (χ0v) is 9.93. The van der Waals surface area contributed by atoms with Gasteiger partial charge in [0.05, 0.1) is 5.69 Å². The molecule has 0 radical (unpaired) electrons. The number of benzene rings is 2. The highest BCUT2D eigenvalue weighted by atomic mass is 19.1. The van der Waals surface area contributed by atoms with Crippen molar-refractivity contribution in [3.05, 3.63) is 65.5 Å². The lowest BCUT2D eigenvalue weighted by atomic mass is 10.1. The number of hydrogen-bond donors (Lipinski definition) is 0. The molecule has 0 heterocycles. The van der Waals surface area contributed by atoms with Gasteiger partial charge in [0.1, 0.15) is 5.82 Å². The summed E-state index contributed by atoms with van der Waals surface area (Å²) in [5, 5.41) is 0. The van der Waals surface area contributed by atoms with E-state index in [9.17, 15) is 9.18 Å². The van der Waals surface area contributed by atoms with Crippen LogP contribution >= 0.6 is 0 Å². The molecule has 0 saturated carbocycles. The number of carbonyl (C=O) groups is 1. The Balaban J connectivity index is 2.13. The molecule has 0 unspecified atom stereocenters. The number of ketones is 1. The molecule has 18 heavy (non-hydrogen) atoms. The fourth-order valence-electron chi connectivity index (χ4n) is 1.48. The maximum absolute atomic E-state index is 12.7. The average Bonchev–Trinajstić information content (AvgIpc) is 2.38. The zero-order chi connectivity index (χ0) is 13.0. The smallest absolute Gasteiger partial charge is 0.159 e. The molecule has 0 aromatic heterocycles. The van der Waals surface area contributed by atoms with E-state index in [1.54, 1.807) is 42.6 Å². The predicted molar refractivity (Wildman–Crippen MR) is 70.1 cm³/mol. The number of rotatable bonds is 3. The van der Waals surface area contributed by atoms with Gasteiger partial charge in [-0.1, -0.05) is 12.1 Å². The highest BCUT2D eigenvalue weighted by Gasteiger charge is 1.97. The monoisotopic (exact) mass is 241 g/mol. The Kier molecular flexibility index (Phi) is 3.63. The van der Waals surface area contributed by atoms with Crippen LogP contribution in [0.15, 0.2) is 53.5 Å². The molecular formula is C15H12FNO. The van der Waals surface area contributed by atoms with E-state index in [1.165, 1.54) is 19.1 Å². The summed E-state index contributed by atoms with van der Waals surface area (Å²) in [7, 11) is 0. The topological polar surface area (TPSA) is 29.4 Å². The zero-order valence-electron chi connectivity index (χ0n) is 9.93. The number of aliphatic imine (C=N–C) groups is 1. The lowest BCUT2D eigenvalue weighted by Crippen LogP contribution is -1.89. The van der Waals surface area contributed by atoms with Crippen LogP contribution in [0.2, 0.25) is 0 Å². The van der Waals surface area contributed by atoms with Gasteiger partial charge in [0.2, 0.25) is 0 Å². The van der Waals surface area contributed by atoms with E-state index < -0.39 is 0 Å². The van der Waals surface area contributed by atoms with Crippen molar-refractivity contribution >= 4 is 17.7 Å². The van der Waals surface area contributed by atoms with Gasteiger partial charge >= 0.3 is 0 Å². The number of Topliss-reactive ketones (excluding diaryl/α,β-unsaturated/α-hetero) is 1. The summed E-state index contributed by atoms with van der Waals surface area (Å²) in [4.78, 5) is 15.3. The fraction of sp³-hybridized carbons (Fsp3) is 0.0667. The third kappa shape index (κ3) is 3.10. The highest BCUT2D eigenvalue weighted by Crippen LogP contribution is 2.13. The standard InChI is InChI=1S/C15H12FNO/c1-11(18)13-4-8-15(9-5-13)17-10-12-2-6-14(16)7-3-12/h2-10H,1H3/b17-10+. The van der Waals surface area contributed by atoms with E-state index in [1.807, 2.05) is 0 Å². The molecule has 0 bridgehead atoms. The molecule has 2 aromatic rings. The van der Waals surface area contributed by atoms with Gasteiger partial charge < -0.3 is 0 Å². The maximum atomic E-state index is 12.7. The van der Waals surface area contributed by atoms with Gasteiger partial charge in [-0.2, -0.15) is 0 Å². The first-order valence-electron chi connectivity index (χ1n) is 5.56. The van der Waals surface area contributed by atoms with Crippen LogP contribution in [0.1, 0.15) is 22.8 Å². The lowest BCUT2D eigenvalue weighted by Gasteiger charge is -1.97. The molecule has 0 aliphatic heterocycles. The van der Waals surface area contributed by atoms with E-state index in [0.717, 1.165) is 11.3 Å². The molecule has 90 valence electrons. The van der Waals surface area contributed by atoms with Crippen LogP contribution in [0.5, 0.6) is 0 Å². The molecule has 0 atom stereocenters. The summed E-state index contributed by atoms with van der Waals surface area (Å²) in [6, 6.07) is 13.1. The normalized spacial score (nSPS) is 10.8. The lowest BCUT2D eigenvalue weighted by molar-refractivity contribution is 0.101. The van der Waals surface area contributed by atoms with Gasteiger partial charge in [0, 0.05) is 11.8 Å². The second-order valence-corrected chi connectivity index (χ2v) is 3.91. The highest BCUT2D eigenvalue weighted by molar-refractivity contribution is 5.94. The number of nitrogens with zero attached hydrogens (tertiary/aromatic N) is 1. The first kappa shape index (κ1) is 12.2. The van der Waals surface area contributed by atoms with Crippen LogP contribution in [-0.2, 0) is 0 Å². The van der Waals surface area contributed by atoms with E-state index in [0.29, 0.717) is 5.56 Å². The van der Waals surface area contributed by atoms with E-state index in [2.05, 4.69) is 4.99 Å². The Bertz CT molecular complexity index is 570. The summed E-state index contributed by atoms with van der Waals surface area (Å²) in [5.74, 6) is -0.234. The molecule has 0 fully saturated rings. The number of carbonyl (C=O) groups excluding carboxylic acids is 1. The van der Waals surface area contributed by atoms with Gasteiger partial charge in [0.15, 0.2) is 5.78 Å². The van der Waals surface area contributed by atoms with Crippen LogP contribution in [0, 0.1) is 5.82 Å². The summed E-state index contributed by atoms with van der Waals surface area (Å²) in [5.41, 5.74) is 2.24. The Morgan fingerprint density at radius 2 is 1.67 bits per heavy atom. The van der Waals surface area contributed by atoms with Crippen molar-refractivity contribution < 1.29 is 9.18 Å². The van der Waals surface area contributed by atoms with Gasteiger partial charge in [0.25, 0.3) is 0 Å². The molecule has 0 spiro atoms. The van der Waals surface area contributed by atoms with Crippen LogP contribution in [0.3, 0.4) is 0 Å². The molecule has 3 heteroatoms. The van der Waals surface area contributed by atoms with Crippen molar-refractivity contribution in [2.45, 2.75) is 6.92 Å². The van der Waals surface area contributed by atoms with E-state index in [-0.39, 0.29) is 11.6 Å². The second-order valence-electron chi connectivity index (χ2n) is 3.91. The largest absolute Gasteiger partial charge is 0.295 e. The van der Waals surface area contributed by atoms with Crippen molar-refractivity contribution in [2.24, 2.45) is 4.99 Å². The minimum absolute atomic E-state index is 0.0315. The van der Waals surface area contributed by atoms with E-state index >= 15 is 0 Å². The fourth-order valence-corrected chi connectivity index (χ4v) is 1.48. The minimum Gasteiger partial charge on any atom is -0.295 e. The SMILES string of the molecule is CC(=O)c1ccc(/N=C/c2ccc(F)cc2)cc1. The van der Waals surface area contributed by atoms with Crippen LogP contribution in [0.4, 0.5) is 10.1 Å². The molecule has 0 amide bonds. The molecular weight excluding hydrogens is 229 g/mol. The van der Waals surface area contributed by atoms with Crippen molar-refractivity contribution in [1.82, 2.24) is 0 Å². The minimum atomic E-state index is -0.266. The molecule has 2 aromatic carbocycles. The second kappa shape index (κ2) is 5.36. The Hall–Kier alpha value is -2.29.